The summed E-state index contributed by atoms with van der Waals surface area (Å²) in [6.07, 6.45) is 5.05. The van der Waals surface area contributed by atoms with Gasteiger partial charge in [-0.25, -0.2) is 8.78 Å². The van der Waals surface area contributed by atoms with Crippen LogP contribution < -0.4 is 4.74 Å². The van der Waals surface area contributed by atoms with Crippen LogP contribution in [-0.2, 0) is 9.47 Å². The second-order valence-electron chi connectivity index (χ2n) is 8.54. The van der Waals surface area contributed by atoms with Gasteiger partial charge in [-0.3, -0.25) is 0 Å². The molecule has 1 aliphatic heterocycles. The lowest BCUT2D eigenvalue weighted by atomic mass is 9.98. The minimum atomic E-state index is -1.01. The topological polar surface area (TPSA) is 27.7 Å². The van der Waals surface area contributed by atoms with E-state index in [1.54, 1.807) is 36.4 Å². The number of hydrogen-bond donors (Lipinski definition) is 0. The van der Waals surface area contributed by atoms with Crippen molar-refractivity contribution < 1.29 is 27.4 Å². The number of unbranched alkanes of at least 4 members (excludes halogenated alkanes) is 1. The van der Waals surface area contributed by atoms with Crippen molar-refractivity contribution in [1.82, 2.24) is 0 Å². The molecule has 0 saturated carbocycles. The number of benzene rings is 3. The van der Waals surface area contributed by atoms with Gasteiger partial charge in [0.05, 0.1) is 19.8 Å². The van der Waals surface area contributed by atoms with Gasteiger partial charge < -0.3 is 14.2 Å². The third-order valence-electron chi connectivity index (χ3n) is 5.96. The molecule has 4 rings (SSSR count). The Morgan fingerprint density at radius 1 is 0.886 bits per heavy atom. The summed E-state index contributed by atoms with van der Waals surface area (Å²) in [6, 6.07) is 14.5. The molecule has 0 N–H and O–H groups in total. The van der Waals surface area contributed by atoms with Crippen molar-refractivity contribution in [3.05, 3.63) is 89.8 Å². The van der Waals surface area contributed by atoms with E-state index in [-0.39, 0.29) is 17.2 Å². The maximum atomic E-state index is 15.0. The Kier molecular flexibility index (Phi) is 8.26. The highest BCUT2D eigenvalue weighted by atomic mass is 19.2. The Labute approximate surface area is 204 Å². The number of ether oxygens (including phenoxy) is 3. The zero-order valence-electron chi connectivity index (χ0n) is 19.9. The summed E-state index contributed by atoms with van der Waals surface area (Å²) in [4.78, 5) is 0. The lowest BCUT2D eigenvalue weighted by Gasteiger charge is -2.28. The number of halogens is 3. The van der Waals surface area contributed by atoms with Crippen LogP contribution in [0.1, 0.15) is 38.5 Å². The van der Waals surface area contributed by atoms with Crippen LogP contribution in [0.4, 0.5) is 13.2 Å². The predicted octanol–water partition coefficient (Wildman–Crippen LogP) is 7.85. The van der Waals surface area contributed by atoms with Gasteiger partial charge in [-0.2, -0.15) is 4.39 Å². The molecule has 6 heteroatoms. The molecular formula is C29H29F3O3. The molecule has 0 atom stereocenters. The lowest BCUT2D eigenvalue weighted by Crippen LogP contribution is -2.25. The molecule has 0 bridgehead atoms. The van der Waals surface area contributed by atoms with Gasteiger partial charge in [-0.1, -0.05) is 61.9 Å². The van der Waals surface area contributed by atoms with Crippen molar-refractivity contribution in [3.63, 3.8) is 0 Å². The Bertz CT molecular complexity index is 1170. The summed E-state index contributed by atoms with van der Waals surface area (Å²) in [5.41, 5.74) is 2.24. The molecule has 1 aliphatic rings. The van der Waals surface area contributed by atoms with E-state index >= 15 is 0 Å². The molecule has 0 unspecified atom stereocenters. The molecule has 1 fully saturated rings. The fourth-order valence-electron chi connectivity index (χ4n) is 4.03. The summed E-state index contributed by atoms with van der Waals surface area (Å²) in [5, 5.41) is 0. The van der Waals surface area contributed by atoms with Gasteiger partial charge in [0.1, 0.15) is 5.82 Å². The van der Waals surface area contributed by atoms with Gasteiger partial charge in [-0.15, -0.1) is 0 Å². The van der Waals surface area contributed by atoms with E-state index in [0.29, 0.717) is 42.1 Å². The van der Waals surface area contributed by atoms with Crippen LogP contribution in [0.15, 0.2) is 66.7 Å². The highest BCUT2D eigenvalue weighted by molar-refractivity contribution is 5.71. The van der Waals surface area contributed by atoms with Crippen molar-refractivity contribution in [2.24, 2.45) is 5.92 Å². The lowest BCUT2D eigenvalue weighted by molar-refractivity contribution is -0.197. The van der Waals surface area contributed by atoms with Gasteiger partial charge in [-0.05, 0) is 42.7 Å². The van der Waals surface area contributed by atoms with E-state index in [2.05, 4.69) is 0 Å². The Hall–Kier alpha value is -3.09. The first-order chi connectivity index (χ1) is 17.0. The zero-order chi connectivity index (χ0) is 24.8. The first-order valence-electron chi connectivity index (χ1n) is 11.9. The molecule has 0 amide bonds. The summed E-state index contributed by atoms with van der Waals surface area (Å²) in [7, 11) is 0. The highest BCUT2D eigenvalue weighted by Crippen LogP contribution is 2.33. The molecule has 0 spiro atoms. The van der Waals surface area contributed by atoms with Crippen LogP contribution in [0, 0.1) is 23.4 Å². The first kappa shape index (κ1) is 25.0. The average Bonchev–Trinajstić information content (AvgIpc) is 2.88. The van der Waals surface area contributed by atoms with Crippen molar-refractivity contribution in [1.29, 1.82) is 0 Å². The fourth-order valence-corrected chi connectivity index (χ4v) is 4.03. The minimum absolute atomic E-state index is 0.0956. The summed E-state index contributed by atoms with van der Waals surface area (Å²) < 4.78 is 60.9. The van der Waals surface area contributed by atoms with Crippen LogP contribution in [0.25, 0.3) is 22.3 Å². The van der Waals surface area contributed by atoms with Gasteiger partial charge in [0.15, 0.2) is 17.9 Å². The van der Waals surface area contributed by atoms with Crippen molar-refractivity contribution >= 4 is 0 Å². The largest absolute Gasteiger partial charge is 0.490 e. The van der Waals surface area contributed by atoms with E-state index in [9.17, 15) is 13.2 Å². The molecule has 0 aromatic heterocycles. The van der Waals surface area contributed by atoms with Crippen molar-refractivity contribution in [2.45, 2.75) is 33.0 Å². The second kappa shape index (κ2) is 11.6. The van der Waals surface area contributed by atoms with Gasteiger partial charge in [0, 0.05) is 22.6 Å². The number of hydrogen-bond acceptors (Lipinski definition) is 3. The molecule has 3 nitrogen and oxygen atoms in total. The quantitative estimate of drug-likeness (QED) is 0.242. The molecule has 3 aromatic rings. The van der Waals surface area contributed by atoms with Crippen LogP contribution in [-0.4, -0.2) is 19.8 Å². The fraction of sp³-hybridized carbons (Fsp3) is 0.310. The first-order valence-corrected chi connectivity index (χ1v) is 11.9. The SMILES string of the molecule is C/C=C/C1COC(c2ccc(-c3ccc(-c4ccc(OCCCC)c(F)c4F)cc3)c(F)c2)OC1. The minimum Gasteiger partial charge on any atom is -0.490 e. The Balaban J connectivity index is 1.49. The monoisotopic (exact) mass is 482 g/mol. The third kappa shape index (κ3) is 5.77. The predicted molar refractivity (Wildman–Crippen MR) is 131 cm³/mol. The van der Waals surface area contributed by atoms with Crippen LogP contribution in [0.2, 0.25) is 0 Å². The van der Waals surface area contributed by atoms with Gasteiger partial charge in [0.25, 0.3) is 0 Å². The van der Waals surface area contributed by atoms with Gasteiger partial charge in [0.2, 0.25) is 5.82 Å². The molecular weight excluding hydrogens is 453 g/mol. The Morgan fingerprint density at radius 2 is 1.54 bits per heavy atom. The van der Waals surface area contributed by atoms with E-state index in [0.717, 1.165) is 12.8 Å². The van der Waals surface area contributed by atoms with E-state index in [1.165, 1.54) is 18.2 Å². The molecule has 0 radical (unpaired) electrons. The van der Waals surface area contributed by atoms with Crippen molar-refractivity contribution in [2.75, 3.05) is 19.8 Å². The summed E-state index contributed by atoms with van der Waals surface area (Å²) >= 11 is 0. The summed E-state index contributed by atoms with van der Waals surface area (Å²) in [6.45, 7) is 5.31. The molecule has 1 saturated heterocycles. The van der Waals surface area contributed by atoms with Crippen molar-refractivity contribution in [3.8, 4) is 28.0 Å². The van der Waals surface area contributed by atoms with E-state index in [4.69, 9.17) is 14.2 Å². The van der Waals surface area contributed by atoms with E-state index < -0.39 is 23.7 Å². The summed E-state index contributed by atoms with van der Waals surface area (Å²) in [5.74, 6) is -2.28. The van der Waals surface area contributed by atoms with E-state index in [1.807, 2.05) is 26.0 Å². The van der Waals surface area contributed by atoms with Crippen LogP contribution in [0.5, 0.6) is 5.75 Å². The molecule has 3 aromatic carbocycles. The Morgan fingerprint density at radius 3 is 2.17 bits per heavy atom. The maximum absolute atomic E-state index is 15.0. The molecule has 35 heavy (non-hydrogen) atoms. The highest BCUT2D eigenvalue weighted by Gasteiger charge is 2.23. The van der Waals surface area contributed by atoms with Crippen LogP contribution in [0.3, 0.4) is 0 Å². The number of allylic oxidation sites excluding steroid dienone is 1. The second-order valence-corrected chi connectivity index (χ2v) is 8.54. The number of rotatable bonds is 8. The molecule has 1 heterocycles. The third-order valence-corrected chi connectivity index (χ3v) is 5.96. The van der Waals surface area contributed by atoms with Crippen LogP contribution >= 0.6 is 0 Å². The molecule has 184 valence electrons. The smallest absolute Gasteiger partial charge is 0.201 e. The zero-order valence-corrected chi connectivity index (χ0v) is 19.9. The average molecular weight is 483 g/mol. The normalized spacial score (nSPS) is 18.2. The maximum Gasteiger partial charge on any atom is 0.201 e. The standard InChI is InChI=1S/C29H29F3O3/c1-3-5-15-33-26-14-13-24(27(31)28(26)32)21-9-7-20(8-10-21)23-12-11-22(16-25(23)30)29-34-17-19(6-4-2)18-35-29/h4,6-14,16,19,29H,3,5,15,17-18H2,1-2H3/b6-4+. The molecule has 0 aliphatic carbocycles. The van der Waals surface area contributed by atoms with Gasteiger partial charge >= 0.3 is 0 Å².